The number of alkyl carbamates (subject to hydrolysis) is 1. The van der Waals surface area contributed by atoms with Crippen molar-refractivity contribution in [3.05, 3.63) is 148 Å². The van der Waals surface area contributed by atoms with Crippen molar-refractivity contribution in [2.24, 2.45) is 17.8 Å². The van der Waals surface area contributed by atoms with E-state index in [0.29, 0.717) is 68.9 Å². The van der Waals surface area contributed by atoms with Gasteiger partial charge in [0.05, 0.1) is 70.8 Å². The molecule has 0 spiro atoms. The minimum absolute atomic E-state index is 0.0155. The summed E-state index contributed by atoms with van der Waals surface area (Å²) in [6.45, 7) is 22.5. The third-order valence-electron chi connectivity index (χ3n) is 17.0. The number of phenolic OH excluding ortho intramolecular Hbond substituents is 1. The number of hydrogen-bond donors (Lipinski definition) is 3. The normalized spacial score (nSPS) is 17.5. The van der Waals surface area contributed by atoms with Gasteiger partial charge in [0.2, 0.25) is 10.0 Å². The molecule has 5 heterocycles. The fourth-order valence-corrected chi connectivity index (χ4v) is 18.5. The molecule has 602 valence electrons. The zero-order chi connectivity index (χ0) is 78.9. The SMILES string of the molecule is CCOP(=O)(COS(=O)(=O)C(F)(F)F)OCC.CCOP(=O)(COc1ccc2c(c1)CN(C(=O)OCc1ccccc1)C2)OCC.CCOP(=O)(COc1ccc2c(c1)CN(C[C@H](NC(=O)O[C@H]1CO[C@H]3OCC[C@H]31)[C@H](C)CN(CC(C)C)S(=O)(=O)c1ccc(OC)cc1)C2)OCC.Oc1ccc2c(c1)CNC2. The molecule has 5 aliphatic heterocycles. The van der Waals surface area contributed by atoms with Gasteiger partial charge in [-0.3, -0.25) is 27.7 Å². The Morgan fingerprint density at radius 1 is 0.648 bits per heavy atom. The second kappa shape index (κ2) is 41.9. The lowest BCUT2D eigenvalue weighted by Crippen LogP contribution is -2.51. The minimum atomic E-state index is -5.80. The third kappa shape index (κ3) is 26.7. The number of phenols is 1. The molecule has 3 N–H and O–H groups in total. The predicted octanol–water partition coefficient (Wildman–Crippen LogP) is 13.5. The molecule has 2 saturated heterocycles. The Balaban J connectivity index is 0.000000239. The Labute approximate surface area is 630 Å². The van der Waals surface area contributed by atoms with E-state index in [2.05, 4.69) is 28.8 Å². The number of amides is 2. The molecule has 5 aromatic rings. The first-order valence-electron chi connectivity index (χ1n) is 35.4. The lowest BCUT2D eigenvalue weighted by molar-refractivity contribution is -0.0907. The average molecular weight is 1620 g/mol. The molecule has 0 saturated carbocycles. The largest absolute Gasteiger partial charge is 0.523 e. The molecule has 2 fully saturated rings. The Morgan fingerprint density at radius 2 is 1.17 bits per heavy atom. The van der Waals surface area contributed by atoms with Crippen LogP contribution in [0.4, 0.5) is 22.8 Å². The maximum atomic E-state index is 14.0. The first-order valence-corrected chi connectivity index (χ1v) is 43.5. The van der Waals surface area contributed by atoms with E-state index >= 15 is 0 Å². The predicted molar refractivity (Wildman–Crippen MR) is 393 cm³/mol. The van der Waals surface area contributed by atoms with Crippen LogP contribution < -0.4 is 24.8 Å². The van der Waals surface area contributed by atoms with E-state index in [-0.39, 0.29) is 107 Å². The molecule has 37 heteroatoms. The van der Waals surface area contributed by atoms with Gasteiger partial charge in [0.1, 0.15) is 35.7 Å². The summed E-state index contributed by atoms with van der Waals surface area (Å²) in [5.74, 6) is 1.77. The Morgan fingerprint density at radius 3 is 1.72 bits per heavy atom. The molecular weight excluding hydrogens is 1520 g/mol. The summed E-state index contributed by atoms with van der Waals surface area (Å²) in [5.41, 5.74) is 2.04. The molecule has 5 aromatic carbocycles. The lowest BCUT2D eigenvalue weighted by Gasteiger charge is -2.33. The van der Waals surface area contributed by atoms with E-state index in [9.17, 15) is 53.3 Å². The first-order chi connectivity index (χ1) is 51.3. The fraction of sp³-hybridized carbons (Fsp3) is 0.549. The maximum Gasteiger partial charge on any atom is 0.523 e. The number of ether oxygens (including phenoxy) is 7. The number of alkyl halides is 3. The van der Waals surface area contributed by atoms with E-state index in [1.807, 2.05) is 93.6 Å². The summed E-state index contributed by atoms with van der Waals surface area (Å²) in [6, 6.07) is 32.2. The van der Waals surface area contributed by atoms with Gasteiger partial charge in [-0.1, -0.05) is 69.3 Å². The van der Waals surface area contributed by atoms with Crippen LogP contribution in [0.25, 0.3) is 0 Å². The van der Waals surface area contributed by atoms with Crippen LogP contribution >= 0.6 is 22.8 Å². The number of aromatic hydroxyl groups is 1. The standard InChI is InChI=1S/C36H54N3O11PS.C21H26NO6P.C8H9NO.C6H12F3O6PS/c1-7-48-51(41,49-8-2)24-47-30-10-9-27-20-38(21-28(27)17-30)22-33(37-36(40)50-34-23-46-35-32(34)15-16-45-35)26(5)19-39(18-25(3)4)52(42,43)31-13-11-29(44-6)12-14-31;1-3-27-29(24,28-4-2)16-26-20-11-10-18-13-22(14-19(18)12-20)21(23)25-15-17-8-6-5-7-9-17;10-8-2-1-6-4-9-5-7(6)3-8;1-3-13-16(10,14-4-2)5-15-17(11,12)6(7,8)9/h9-14,17,25-26,32-35H,7-8,15-16,18-24H2,1-6H3,(H,37,40);5-12H,3-4,13-16H2,1-2H3;1-3,9-10H,4-5H2;3-5H2,1-2H3/t26-,32+,33+,34+,35-;;;/m1.../s1. The molecule has 0 aliphatic carbocycles. The summed E-state index contributed by atoms with van der Waals surface area (Å²) >= 11 is 0. The van der Waals surface area contributed by atoms with Crippen molar-refractivity contribution in [2.45, 2.75) is 143 Å². The number of sulfonamides is 1. The Hall–Kier alpha value is -6.26. The molecule has 0 bridgehead atoms. The molecule has 5 atom stereocenters. The van der Waals surface area contributed by atoms with Gasteiger partial charge in [0.15, 0.2) is 25.3 Å². The molecule has 2 amide bonds. The van der Waals surface area contributed by atoms with Crippen molar-refractivity contribution < 1.29 is 123 Å². The summed E-state index contributed by atoms with van der Waals surface area (Å²) in [5, 5.41) is 15.4. The van der Waals surface area contributed by atoms with Crippen molar-refractivity contribution in [2.75, 3.05) is 98.6 Å². The second-order valence-corrected chi connectivity index (χ2v) is 35.1. The highest BCUT2D eigenvalue weighted by Crippen LogP contribution is 2.51. The topological polar surface area (TPSA) is 337 Å². The van der Waals surface area contributed by atoms with Gasteiger partial charge >= 0.3 is 50.6 Å². The van der Waals surface area contributed by atoms with E-state index in [0.717, 1.165) is 47.3 Å². The number of benzene rings is 5. The summed E-state index contributed by atoms with van der Waals surface area (Å²) in [7, 11) is -18.8. The molecular formula is C71H101F3N5O24P3S2. The molecule has 10 rings (SSSR count). The fourth-order valence-electron chi connectivity index (χ4n) is 11.9. The maximum absolute atomic E-state index is 14.0. The van der Waals surface area contributed by atoms with Crippen LogP contribution in [0.1, 0.15) is 108 Å². The van der Waals surface area contributed by atoms with Crippen molar-refractivity contribution >= 4 is 55.1 Å². The van der Waals surface area contributed by atoms with E-state index in [1.165, 1.54) is 36.4 Å². The number of nitrogens with one attached hydrogen (secondary N) is 2. The Kier molecular flexibility index (Phi) is 34.5. The third-order valence-corrected chi connectivity index (χ3v) is 25.2. The van der Waals surface area contributed by atoms with Gasteiger partial charge in [-0.05, 0) is 159 Å². The molecule has 0 aromatic heterocycles. The van der Waals surface area contributed by atoms with Gasteiger partial charge < -0.3 is 76.0 Å². The highest BCUT2D eigenvalue weighted by atomic mass is 32.2. The molecule has 0 radical (unpaired) electrons. The van der Waals surface area contributed by atoms with Gasteiger partial charge in [-0.2, -0.15) is 25.9 Å². The number of carbonyl (C=O) groups is 2. The number of fused-ring (bicyclic) bond motifs is 4. The lowest BCUT2D eigenvalue weighted by atomic mass is 10.0. The van der Waals surface area contributed by atoms with Crippen LogP contribution in [0, 0.1) is 17.8 Å². The Bertz CT molecular complexity index is 4050. The van der Waals surface area contributed by atoms with E-state index < -0.39 is 73.0 Å². The monoisotopic (exact) mass is 1620 g/mol. The van der Waals surface area contributed by atoms with Crippen molar-refractivity contribution in [1.29, 1.82) is 0 Å². The summed E-state index contributed by atoms with van der Waals surface area (Å²) < 4.78 is 196. The summed E-state index contributed by atoms with van der Waals surface area (Å²) in [6.07, 6.45) is -2.63. The zero-order valence-corrected chi connectivity index (χ0v) is 66.7. The minimum Gasteiger partial charge on any atom is -0.508 e. The molecule has 5 aliphatic rings. The van der Waals surface area contributed by atoms with Gasteiger partial charge in [0, 0.05) is 64.9 Å². The van der Waals surface area contributed by atoms with Crippen LogP contribution in [-0.4, -0.2) is 171 Å². The van der Waals surface area contributed by atoms with Crippen LogP contribution in [0.3, 0.4) is 0 Å². The van der Waals surface area contributed by atoms with Gasteiger partial charge in [-0.15, -0.1) is 0 Å². The van der Waals surface area contributed by atoms with Gasteiger partial charge in [-0.25, -0.2) is 18.0 Å². The average Bonchev–Trinajstić information content (AvgIpc) is 1.55. The van der Waals surface area contributed by atoms with Crippen molar-refractivity contribution in [1.82, 2.24) is 24.7 Å². The number of nitrogens with zero attached hydrogens (tertiary/aromatic N) is 3. The van der Waals surface area contributed by atoms with Crippen molar-refractivity contribution in [3.8, 4) is 23.0 Å². The van der Waals surface area contributed by atoms with Crippen molar-refractivity contribution in [3.63, 3.8) is 0 Å². The first kappa shape index (κ1) is 88.9. The van der Waals surface area contributed by atoms with Crippen LogP contribution in [0.5, 0.6) is 23.0 Å². The highest BCUT2D eigenvalue weighted by molar-refractivity contribution is 7.89. The highest BCUT2D eigenvalue weighted by Gasteiger charge is 2.49. The number of rotatable bonds is 35. The number of hydrogen-bond acceptors (Lipinski definition) is 26. The second-order valence-electron chi connectivity index (χ2n) is 25.6. The van der Waals surface area contributed by atoms with Crippen LogP contribution in [-0.2, 0) is 130 Å². The van der Waals surface area contributed by atoms with Crippen LogP contribution in [0.2, 0.25) is 0 Å². The zero-order valence-electron chi connectivity index (χ0n) is 62.4. The van der Waals surface area contributed by atoms with E-state index in [4.69, 9.17) is 56.4 Å². The quantitative estimate of drug-likeness (QED) is 0.0193. The number of methoxy groups -OCH3 is 1. The molecule has 0 unspecified atom stereocenters. The number of carbonyl (C=O) groups excluding carboxylic acids is 2. The molecule has 108 heavy (non-hydrogen) atoms. The van der Waals surface area contributed by atoms with Crippen LogP contribution in [0.15, 0.2) is 114 Å². The number of halogens is 3. The molecule has 29 nitrogen and oxygen atoms in total. The van der Waals surface area contributed by atoms with E-state index in [1.54, 1.807) is 69.0 Å². The smallest absolute Gasteiger partial charge is 0.508 e. The van der Waals surface area contributed by atoms with Gasteiger partial charge in [0.25, 0.3) is 0 Å². The summed E-state index contributed by atoms with van der Waals surface area (Å²) in [4.78, 5) is 29.9.